The number of hydrogen-bond acceptors (Lipinski definition) is 0. The highest BCUT2D eigenvalue weighted by Crippen LogP contribution is 2.46. The van der Waals surface area contributed by atoms with Crippen LogP contribution in [-0.2, 0) is 0 Å². The summed E-state index contributed by atoms with van der Waals surface area (Å²) in [6.45, 7) is 4.75. The highest BCUT2D eigenvalue weighted by Gasteiger charge is 2.37. The number of hydrogen-bond donors (Lipinski definition) is 0. The van der Waals surface area contributed by atoms with Crippen LogP contribution in [0.2, 0.25) is 0 Å². The summed E-state index contributed by atoms with van der Waals surface area (Å²) in [6, 6.07) is 0. The van der Waals surface area contributed by atoms with E-state index in [4.69, 9.17) is 0 Å². The second kappa shape index (κ2) is 6.22. The minimum absolute atomic E-state index is 0.362. The van der Waals surface area contributed by atoms with Gasteiger partial charge < -0.3 is 0 Å². The molecule has 0 aliphatic heterocycles. The van der Waals surface area contributed by atoms with E-state index in [9.17, 15) is 0 Å². The first kappa shape index (κ1) is 13.4. The van der Waals surface area contributed by atoms with Crippen LogP contribution in [0.1, 0.15) is 46.0 Å². The van der Waals surface area contributed by atoms with Crippen LogP contribution in [0.4, 0.5) is 0 Å². The fourth-order valence-corrected chi connectivity index (χ4v) is 3.23. The Kier molecular flexibility index (Phi) is 4.63. The van der Waals surface area contributed by atoms with E-state index in [2.05, 4.69) is 62.5 Å². The molecule has 0 N–H and O–H groups in total. The number of allylic oxidation sites excluding steroid dienone is 8. The lowest BCUT2D eigenvalue weighted by Gasteiger charge is -2.38. The summed E-state index contributed by atoms with van der Waals surface area (Å²) >= 11 is 0. The summed E-state index contributed by atoms with van der Waals surface area (Å²) in [4.78, 5) is 0. The van der Waals surface area contributed by atoms with Crippen LogP contribution in [0.15, 0.2) is 48.6 Å². The molecule has 0 amide bonds. The van der Waals surface area contributed by atoms with Gasteiger partial charge in [0.25, 0.3) is 0 Å². The molecule has 0 unspecified atom stereocenters. The van der Waals surface area contributed by atoms with Crippen molar-refractivity contribution in [2.75, 3.05) is 0 Å². The molecular formula is C18H26. The van der Waals surface area contributed by atoms with Crippen molar-refractivity contribution < 1.29 is 0 Å². The highest BCUT2D eigenvalue weighted by atomic mass is 14.4. The largest absolute Gasteiger partial charge is 0.0770 e. The second-order valence-corrected chi connectivity index (χ2v) is 5.91. The van der Waals surface area contributed by atoms with Crippen LogP contribution < -0.4 is 0 Å². The summed E-state index contributed by atoms with van der Waals surface area (Å²) in [5, 5.41) is 0. The van der Waals surface area contributed by atoms with E-state index in [-0.39, 0.29) is 0 Å². The first-order valence-corrected chi connectivity index (χ1v) is 7.47. The van der Waals surface area contributed by atoms with Crippen molar-refractivity contribution in [2.45, 2.75) is 46.0 Å². The highest BCUT2D eigenvalue weighted by molar-refractivity contribution is 5.27. The summed E-state index contributed by atoms with van der Waals surface area (Å²) < 4.78 is 0. The molecule has 0 saturated heterocycles. The van der Waals surface area contributed by atoms with Crippen molar-refractivity contribution in [1.82, 2.24) is 0 Å². The van der Waals surface area contributed by atoms with E-state index in [1.165, 1.54) is 32.1 Å². The van der Waals surface area contributed by atoms with E-state index < -0.39 is 0 Å². The summed E-state index contributed by atoms with van der Waals surface area (Å²) in [5.41, 5.74) is 0.362. The molecular weight excluding hydrogens is 216 g/mol. The molecule has 2 aliphatic carbocycles. The summed E-state index contributed by atoms with van der Waals surface area (Å²) in [5.74, 6) is 1.22. The molecule has 2 rings (SSSR count). The standard InChI is InChI=1S/C18H26/c1-3-4-5-10-15-18(2,16-11-6-7-12-16)17-13-8-9-14-17/h6-9,11-14,16-17H,3-5,10,15H2,1-2H3. The fraction of sp³-hybridized carbons (Fsp3) is 0.556. The Morgan fingerprint density at radius 1 is 0.778 bits per heavy atom. The maximum absolute atomic E-state index is 2.47. The Balaban J connectivity index is 2.02. The molecule has 0 saturated carbocycles. The van der Waals surface area contributed by atoms with Crippen molar-refractivity contribution in [3.05, 3.63) is 48.6 Å². The Hall–Kier alpha value is -1.04. The van der Waals surface area contributed by atoms with E-state index in [1.807, 2.05) is 0 Å². The molecule has 2 aliphatic rings. The second-order valence-electron chi connectivity index (χ2n) is 5.91. The Labute approximate surface area is 112 Å². The van der Waals surface area contributed by atoms with Crippen molar-refractivity contribution in [1.29, 1.82) is 0 Å². The molecule has 0 nitrogen and oxygen atoms in total. The SMILES string of the molecule is CCCCCCC(C)(C1C=CC=C1)C1C=CC=C1. The van der Waals surface area contributed by atoms with Gasteiger partial charge in [-0.05, 0) is 11.8 Å². The van der Waals surface area contributed by atoms with Gasteiger partial charge in [0.05, 0.1) is 0 Å². The van der Waals surface area contributed by atoms with Crippen LogP contribution >= 0.6 is 0 Å². The quantitative estimate of drug-likeness (QED) is 0.521. The predicted molar refractivity (Wildman–Crippen MR) is 80.4 cm³/mol. The fourth-order valence-electron chi connectivity index (χ4n) is 3.23. The van der Waals surface area contributed by atoms with E-state index >= 15 is 0 Å². The topological polar surface area (TPSA) is 0 Å². The first-order valence-electron chi connectivity index (χ1n) is 7.47. The third-order valence-corrected chi connectivity index (χ3v) is 4.59. The molecule has 18 heavy (non-hydrogen) atoms. The van der Waals surface area contributed by atoms with Gasteiger partial charge in [-0.3, -0.25) is 0 Å². The van der Waals surface area contributed by atoms with Crippen molar-refractivity contribution in [3.63, 3.8) is 0 Å². The zero-order chi connectivity index (χ0) is 12.8. The van der Waals surface area contributed by atoms with Gasteiger partial charge in [-0.15, -0.1) is 0 Å². The lowest BCUT2D eigenvalue weighted by atomic mass is 9.66. The molecule has 0 fully saturated rings. The monoisotopic (exact) mass is 242 g/mol. The average molecular weight is 242 g/mol. The van der Waals surface area contributed by atoms with Crippen molar-refractivity contribution in [2.24, 2.45) is 17.3 Å². The Bertz CT molecular complexity index is 315. The number of rotatable bonds is 7. The maximum atomic E-state index is 2.47. The molecule has 0 aromatic carbocycles. The lowest BCUT2D eigenvalue weighted by Crippen LogP contribution is -2.31. The zero-order valence-corrected chi connectivity index (χ0v) is 11.8. The summed E-state index contributed by atoms with van der Waals surface area (Å²) in [7, 11) is 0. The van der Waals surface area contributed by atoms with Gasteiger partial charge in [-0.2, -0.15) is 0 Å². The van der Waals surface area contributed by atoms with Gasteiger partial charge in [-0.25, -0.2) is 0 Å². The van der Waals surface area contributed by atoms with Gasteiger partial charge in [-0.1, -0.05) is 88.1 Å². The Morgan fingerprint density at radius 3 is 1.72 bits per heavy atom. The van der Waals surface area contributed by atoms with E-state index in [0.29, 0.717) is 17.3 Å². The molecule has 98 valence electrons. The molecule has 0 radical (unpaired) electrons. The average Bonchev–Trinajstić information content (AvgIpc) is 3.05. The molecule has 0 spiro atoms. The van der Waals surface area contributed by atoms with Gasteiger partial charge in [0.2, 0.25) is 0 Å². The minimum atomic E-state index is 0.362. The van der Waals surface area contributed by atoms with Crippen molar-refractivity contribution in [3.8, 4) is 0 Å². The van der Waals surface area contributed by atoms with Crippen molar-refractivity contribution >= 4 is 0 Å². The normalized spacial score (nSPS) is 19.4. The number of unbranched alkanes of at least 4 members (excludes halogenated alkanes) is 3. The smallest absolute Gasteiger partial charge is 0.00153 e. The third kappa shape index (κ3) is 2.85. The van der Waals surface area contributed by atoms with Crippen LogP contribution in [0, 0.1) is 17.3 Å². The molecule has 0 heterocycles. The molecule has 0 heteroatoms. The maximum Gasteiger partial charge on any atom is 0.00153 e. The van der Waals surface area contributed by atoms with E-state index in [0.717, 1.165) is 0 Å². The molecule has 0 aromatic heterocycles. The van der Waals surface area contributed by atoms with Crippen LogP contribution in [0.25, 0.3) is 0 Å². The van der Waals surface area contributed by atoms with Gasteiger partial charge in [0, 0.05) is 11.8 Å². The summed E-state index contributed by atoms with van der Waals surface area (Å²) in [6.07, 6.45) is 25.1. The van der Waals surface area contributed by atoms with Gasteiger partial charge >= 0.3 is 0 Å². The van der Waals surface area contributed by atoms with Gasteiger partial charge in [0.15, 0.2) is 0 Å². The van der Waals surface area contributed by atoms with Crippen LogP contribution in [0.5, 0.6) is 0 Å². The molecule has 0 atom stereocenters. The first-order chi connectivity index (χ1) is 8.77. The van der Waals surface area contributed by atoms with Crippen LogP contribution in [-0.4, -0.2) is 0 Å². The Morgan fingerprint density at radius 2 is 1.28 bits per heavy atom. The lowest BCUT2D eigenvalue weighted by molar-refractivity contribution is 0.192. The third-order valence-electron chi connectivity index (χ3n) is 4.59. The predicted octanol–water partition coefficient (Wildman–Crippen LogP) is 5.45. The molecule has 0 aromatic rings. The zero-order valence-electron chi connectivity index (χ0n) is 11.8. The van der Waals surface area contributed by atoms with E-state index in [1.54, 1.807) is 0 Å². The minimum Gasteiger partial charge on any atom is -0.0770 e. The van der Waals surface area contributed by atoms with Crippen LogP contribution in [0.3, 0.4) is 0 Å². The molecule has 0 bridgehead atoms. The van der Waals surface area contributed by atoms with Gasteiger partial charge in [0.1, 0.15) is 0 Å².